The number of thioether (sulfide) groups is 1. The molecule has 30 heavy (non-hydrogen) atoms. The van der Waals surface area contributed by atoms with Crippen molar-refractivity contribution in [1.29, 1.82) is 0 Å². The molecule has 0 spiro atoms. The predicted octanol–water partition coefficient (Wildman–Crippen LogP) is 4.75. The average molecular weight is 444 g/mol. The maximum atomic E-state index is 12.6. The van der Waals surface area contributed by atoms with Gasteiger partial charge in [0.2, 0.25) is 0 Å². The minimum absolute atomic E-state index is 0.00297. The van der Waals surface area contributed by atoms with Crippen LogP contribution in [0.4, 0.5) is 13.2 Å². The Labute approximate surface area is 177 Å². The van der Waals surface area contributed by atoms with E-state index in [9.17, 15) is 18.3 Å². The Bertz CT molecular complexity index is 834. The van der Waals surface area contributed by atoms with Crippen LogP contribution in [0.15, 0.2) is 47.4 Å². The highest BCUT2D eigenvalue weighted by Gasteiger charge is 2.30. The molecule has 0 saturated carbocycles. The van der Waals surface area contributed by atoms with Gasteiger partial charge in [-0.15, -0.1) is 11.8 Å². The van der Waals surface area contributed by atoms with Crippen LogP contribution in [-0.4, -0.2) is 36.3 Å². The molecule has 2 rings (SSSR count). The number of hydrogen-bond acceptors (Lipinski definition) is 6. The van der Waals surface area contributed by atoms with Crippen molar-refractivity contribution in [2.24, 2.45) is 0 Å². The van der Waals surface area contributed by atoms with Crippen molar-refractivity contribution < 1.29 is 37.3 Å². The molecule has 1 unspecified atom stereocenters. The fourth-order valence-corrected chi connectivity index (χ4v) is 3.51. The van der Waals surface area contributed by atoms with Crippen LogP contribution in [0.1, 0.15) is 24.5 Å². The molecular weight excluding hydrogens is 421 g/mol. The molecule has 1 N–H and O–H groups in total. The van der Waals surface area contributed by atoms with Gasteiger partial charge in [-0.2, -0.15) is 22.8 Å². The van der Waals surface area contributed by atoms with Gasteiger partial charge in [-0.1, -0.05) is 6.92 Å². The molecular formula is C21H23F3O5S. The first kappa shape index (κ1) is 25.6. The summed E-state index contributed by atoms with van der Waals surface area (Å²) < 4.78 is 48.5. The molecule has 0 aliphatic heterocycles. The Hall–Kier alpha value is -2.48. The van der Waals surface area contributed by atoms with Gasteiger partial charge in [-0.05, 0) is 61.4 Å². The summed E-state index contributed by atoms with van der Waals surface area (Å²) >= 11 is 1.49. The molecule has 0 saturated heterocycles. The summed E-state index contributed by atoms with van der Waals surface area (Å²) in [7, 11) is 1.61. The molecule has 5 nitrogen and oxygen atoms in total. The second-order valence-corrected chi connectivity index (χ2v) is 7.44. The van der Waals surface area contributed by atoms with Gasteiger partial charge in [0.25, 0.3) is 0 Å². The molecule has 2 aromatic rings. The summed E-state index contributed by atoms with van der Waals surface area (Å²) in [4.78, 5) is 17.2. The number of alkyl halides is 3. The van der Waals surface area contributed by atoms with E-state index in [1.54, 1.807) is 7.11 Å². The molecule has 164 valence electrons. The van der Waals surface area contributed by atoms with E-state index in [4.69, 9.17) is 19.1 Å². The maximum absolute atomic E-state index is 12.6. The van der Waals surface area contributed by atoms with Crippen molar-refractivity contribution in [2.75, 3.05) is 19.5 Å². The largest absolute Gasteiger partial charge is 0.496 e. The van der Waals surface area contributed by atoms with Crippen LogP contribution in [0.2, 0.25) is 0 Å². The Morgan fingerprint density at radius 2 is 1.70 bits per heavy atom. The van der Waals surface area contributed by atoms with Gasteiger partial charge in [0.15, 0.2) is 0 Å². The van der Waals surface area contributed by atoms with E-state index in [0.717, 1.165) is 28.3 Å². The Morgan fingerprint density at radius 3 is 2.17 bits per heavy atom. The van der Waals surface area contributed by atoms with Crippen LogP contribution in [-0.2, 0) is 15.8 Å². The van der Waals surface area contributed by atoms with Crippen LogP contribution in [0, 0.1) is 6.92 Å². The van der Waals surface area contributed by atoms with Crippen LogP contribution in [0.5, 0.6) is 11.5 Å². The lowest BCUT2D eigenvalue weighted by Gasteiger charge is -2.26. The minimum Gasteiger partial charge on any atom is -0.496 e. The third-order valence-corrected chi connectivity index (χ3v) is 5.49. The maximum Gasteiger partial charge on any atom is 0.416 e. The molecule has 2 aromatic carbocycles. The van der Waals surface area contributed by atoms with Gasteiger partial charge >= 0.3 is 12.3 Å². The molecule has 0 aliphatic rings. The number of rotatable bonds is 8. The molecule has 0 amide bonds. The first-order valence-corrected chi connectivity index (χ1v) is 9.86. The average Bonchev–Trinajstić information content (AvgIpc) is 2.71. The van der Waals surface area contributed by atoms with Gasteiger partial charge in [-0.25, -0.2) is 0 Å². The van der Waals surface area contributed by atoms with Gasteiger partial charge in [-0.3, -0.25) is 0 Å². The fraction of sp³-hybridized carbons (Fsp3) is 0.381. The summed E-state index contributed by atoms with van der Waals surface area (Å²) in [6.07, 6.45) is -3.68. The number of methoxy groups -OCH3 is 1. The predicted molar refractivity (Wildman–Crippen MR) is 106 cm³/mol. The molecule has 0 bridgehead atoms. The number of benzene rings is 2. The Balaban J connectivity index is 0.00000141. The van der Waals surface area contributed by atoms with Crippen molar-refractivity contribution in [2.45, 2.75) is 36.9 Å². The van der Waals surface area contributed by atoms with Crippen LogP contribution in [0.25, 0.3) is 0 Å². The number of aryl methyl sites for hydroxylation is 1. The summed E-state index contributed by atoms with van der Waals surface area (Å²) in [5.74, 6) is 1.49. The zero-order valence-electron chi connectivity index (χ0n) is 16.8. The highest BCUT2D eigenvalue weighted by molar-refractivity contribution is 7.99. The SMILES string of the molecule is CCC(O)(COc1ccc(C(F)(F)F)cc1)CSc1ccc(OC)c(C)c1.O=C=O. The molecule has 0 aromatic heterocycles. The highest BCUT2D eigenvalue weighted by Crippen LogP contribution is 2.31. The molecule has 0 radical (unpaired) electrons. The van der Waals surface area contributed by atoms with Crippen LogP contribution >= 0.6 is 11.8 Å². The van der Waals surface area contributed by atoms with Crippen molar-refractivity contribution in [1.82, 2.24) is 0 Å². The third kappa shape index (κ3) is 8.10. The van der Waals surface area contributed by atoms with E-state index in [0.29, 0.717) is 17.9 Å². The lowest BCUT2D eigenvalue weighted by molar-refractivity contribution is -0.191. The normalized spacial score (nSPS) is 12.8. The monoisotopic (exact) mass is 444 g/mol. The van der Waals surface area contributed by atoms with Gasteiger partial charge in [0, 0.05) is 10.6 Å². The second-order valence-electron chi connectivity index (χ2n) is 6.39. The zero-order valence-corrected chi connectivity index (χ0v) is 17.6. The second kappa shape index (κ2) is 11.6. The first-order valence-electron chi connectivity index (χ1n) is 8.87. The van der Waals surface area contributed by atoms with E-state index >= 15 is 0 Å². The molecule has 1 atom stereocenters. The molecule has 9 heteroatoms. The van der Waals surface area contributed by atoms with Crippen molar-refractivity contribution in [3.05, 3.63) is 53.6 Å². The van der Waals surface area contributed by atoms with E-state index in [1.807, 2.05) is 32.0 Å². The van der Waals surface area contributed by atoms with E-state index < -0.39 is 17.3 Å². The van der Waals surface area contributed by atoms with Crippen molar-refractivity contribution in [3.8, 4) is 11.5 Å². The Morgan fingerprint density at radius 1 is 1.10 bits per heavy atom. The van der Waals surface area contributed by atoms with E-state index in [-0.39, 0.29) is 12.8 Å². The Kier molecular flexibility index (Phi) is 9.92. The standard InChI is InChI=1S/C20H23F3O3S.CO2/c1-4-19(24,13-27-17-9-10-18(25-3)14(2)11-17)12-26-16-7-5-15(6-8-16)20(21,22)23;2-1-3/h5-11,24H,4,12-13H2,1-3H3;. The quantitative estimate of drug-likeness (QED) is 0.593. The molecule has 0 aliphatic carbocycles. The van der Waals surface area contributed by atoms with Crippen molar-refractivity contribution >= 4 is 17.9 Å². The fourth-order valence-electron chi connectivity index (χ4n) is 2.36. The van der Waals surface area contributed by atoms with E-state index in [2.05, 4.69) is 0 Å². The smallest absolute Gasteiger partial charge is 0.416 e. The van der Waals surface area contributed by atoms with Crippen molar-refractivity contribution in [3.63, 3.8) is 0 Å². The minimum atomic E-state index is -4.38. The number of ether oxygens (including phenoxy) is 2. The topological polar surface area (TPSA) is 72.8 Å². The summed E-state index contributed by atoms with van der Waals surface area (Å²) in [6.45, 7) is 3.79. The summed E-state index contributed by atoms with van der Waals surface area (Å²) in [5, 5.41) is 10.7. The number of carbonyl (C=O) groups excluding carboxylic acids is 2. The van der Waals surface area contributed by atoms with Gasteiger partial charge in [0.1, 0.15) is 23.7 Å². The third-order valence-electron chi connectivity index (χ3n) is 4.22. The number of halogens is 3. The lowest BCUT2D eigenvalue weighted by atomic mass is 10.1. The summed E-state index contributed by atoms with van der Waals surface area (Å²) in [6, 6.07) is 10.2. The first-order chi connectivity index (χ1) is 14.1. The van der Waals surface area contributed by atoms with Crippen LogP contribution in [0.3, 0.4) is 0 Å². The summed E-state index contributed by atoms with van der Waals surface area (Å²) in [5.41, 5.74) is -0.823. The van der Waals surface area contributed by atoms with Gasteiger partial charge < -0.3 is 14.6 Å². The van der Waals surface area contributed by atoms with Gasteiger partial charge in [0.05, 0.1) is 12.7 Å². The van der Waals surface area contributed by atoms with E-state index in [1.165, 1.54) is 23.9 Å². The zero-order chi connectivity index (χ0) is 22.8. The number of hydrogen-bond donors (Lipinski definition) is 1. The molecule has 0 fully saturated rings. The molecule has 0 heterocycles. The van der Waals surface area contributed by atoms with Crippen LogP contribution < -0.4 is 9.47 Å². The lowest BCUT2D eigenvalue weighted by Crippen LogP contribution is -2.38. The highest BCUT2D eigenvalue weighted by atomic mass is 32.2. The number of aliphatic hydroxyl groups is 1.